The first kappa shape index (κ1) is 19.6. The van der Waals surface area contributed by atoms with Crippen molar-refractivity contribution < 1.29 is 9.53 Å². The fraction of sp³-hybridized carbons (Fsp3) is 0.500. The van der Waals surface area contributed by atoms with E-state index in [1.54, 1.807) is 27.9 Å². The van der Waals surface area contributed by atoms with Gasteiger partial charge in [-0.15, -0.1) is 0 Å². The largest absolute Gasteiger partial charge is 0.496 e. The summed E-state index contributed by atoms with van der Waals surface area (Å²) in [6.07, 6.45) is 0.651. The molecule has 0 saturated carbocycles. The fourth-order valence-corrected chi connectivity index (χ4v) is 4.25. The molecule has 0 N–H and O–H groups in total. The number of aromatic nitrogens is 1. The van der Waals surface area contributed by atoms with E-state index in [-0.39, 0.29) is 11.5 Å². The Kier molecular flexibility index (Phi) is 6.01. The number of hydrogen-bond donors (Lipinski definition) is 0. The Labute approximate surface area is 164 Å². The summed E-state index contributed by atoms with van der Waals surface area (Å²) in [4.78, 5) is 29.9. The molecule has 0 atom stereocenters. The first-order valence-electron chi connectivity index (χ1n) is 9.23. The second-order valence-electron chi connectivity index (χ2n) is 7.20. The Bertz CT molecular complexity index is 858. The van der Waals surface area contributed by atoms with Crippen molar-refractivity contribution in [1.82, 2.24) is 14.4 Å². The third-order valence-corrected chi connectivity index (χ3v) is 5.87. The molecule has 0 aromatic carbocycles. The van der Waals surface area contributed by atoms with Crippen molar-refractivity contribution in [1.29, 1.82) is 0 Å². The van der Waals surface area contributed by atoms with Gasteiger partial charge in [0.1, 0.15) is 11.3 Å². The number of methoxy groups -OCH3 is 1. The lowest BCUT2D eigenvalue weighted by Crippen LogP contribution is -2.34. The highest BCUT2D eigenvalue weighted by molar-refractivity contribution is 7.07. The number of hydrogen-bond acceptors (Lipinski definition) is 5. The third-order valence-electron chi connectivity index (χ3n) is 5.14. The second kappa shape index (κ2) is 8.27. The summed E-state index contributed by atoms with van der Waals surface area (Å²) in [5, 5.41) is 4.04. The average molecular weight is 390 g/mol. The smallest absolute Gasteiger partial charge is 0.259 e. The molecule has 3 heterocycles. The van der Waals surface area contributed by atoms with Crippen molar-refractivity contribution >= 4 is 17.2 Å². The molecule has 0 unspecified atom stereocenters. The van der Waals surface area contributed by atoms with E-state index in [1.807, 2.05) is 16.8 Å². The van der Waals surface area contributed by atoms with Crippen LogP contribution in [0.3, 0.4) is 0 Å². The molecular formula is C20H27N3O3S. The van der Waals surface area contributed by atoms with E-state index >= 15 is 0 Å². The van der Waals surface area contributed by atoms with Crippen LogP contribution in [0.2, 0.25) is 0 Å². The van der Waals surface area contributed by atoms with E-state index in [4.69, 9.17) is 4.74 Å². The molecule has 7 heteroatoms. The average Bonchev–Trinajstić information content (AvgIpc) is 3.04. The summed E-state index contributed by atoms with van der Waals surface area (Å²) in [7, 11) is 3.30. The van der Waals surface area contributed by atoms with Crippen molar-refractivity contribution in [2.75, 3.05) is 27.2 Å². The molecule has 0 radical (unpaired) electrons. The number of fused-ring (bicyclic) bond motifs is 1. The summed E-state index contributed by atoms with van der Waals surface area (Å²) in [6, 6.07) is 3.86. The molecule has 0 fully saturated rings. The zero-order valence-electron chi connectivity index (χ0n) is 16.4. The van der Waals surface area contributed by atoms with Gasteiger partial charge in [0.05, 0.1) is 7.11 Å². The highest BCUT2D eigenvalue weighted by atomic mass is 32.1. The SMILES string of the molecule is COc1cc(=O)n2c(c1C(=O)N(C)Cc1ccsc1)CCN(C(C)C)CC2. The van der Waals surface area contributed by atoms with E-state index in [0.29, 0.717) is 36.9 Å². The molecule has 0 aliphatic carbocycles. The van der Waals surface area contributed by atoms with Crippen LogP contribution in [0, 0.1) is 0 Å². The normalized spacial score (nSPS) is 14.7. The Hall–Kier alpha value is -2.12. The highest BCUT2D eigenvalue weighted by Gasteiger charge is 2.27. The molecule has 2 aromatic rings. The molecule has 27 heavy (non-hydrogen) atoms. The van der Waals surface area contributed by atoms with Gasteiger partial charge in [0.2, 0.25) is 0 Å². The predicted octanol–water partition coefficient (Wildman–Crippen LogP) is 2.46. The molecule has 0 bridgehead atoms. The number of nitrogens with zero attached hydrogens (tertiary/aromatic N) is 3. The molecular weight excluding hydrogens is 362 g/mol. The van der Waals surface area contributed by atoms with E-state index in [9.17, 15) is 9.59 Å². The van der Waals surface area contributed by atoms with Crippen LogP contribution in [0.25, 0.3) is 0 Å². The van der Waals surface area contributed by atoms with Crippen molar-refractivity contribution in [3.8, 4) is 5.75 Å². The first-order chi connectivity index (χ1) is 12.9. The van der Waals surface area contributed by atoms with Crippen LogP contribution in [0.15, 0.2) is 27.7 Å². The number of rotatable bonds is 5. The molecule has 146 valence electrons. The lowest BCUT2D eigenvalue weighted by atomic mass is 10.1. The monoisotopic (exact) mass is 389 g/mol. The maximum absolute atomic E-state index is 13.3. The van der Waals surface area contributed by atoms with Crippen molar-refractivity contribution in [2.24, 2.45) is 0 Å². The van der Waals surface area contributed by atoms with Crippen LogP contribution in [-0.4, -0.2) is 53.6 Å². The summed E-state index contributed by atoms with van der Waals surface area (Å²) in [6.45, 7) is 7.04. The lowest BCUT2D eigenvalue weighted by molar-refractivity contribution is 0.0779. The number of carbonyl (C=O) groups is 1. The Morgan fingerprint density at radius 1 is 1.33 bits per heavy atom. The molecule has 2 aromatic heterocycles. The first-order valence-corrected chi connectivity index (χ1v) is 10.2. The van der Waals surface area contributed by atoms with Gasteiger partial charge >= 0.3 is 0 Å². The minimum absolute atomic E-state index is 0.107. The van der Waals surface area contributed by atoms with Crippen LogP contribution in [0.1, 0.15) is 35.5 Å². The van der Waals surface area contributed by atoms with Gasteiger partial charge in [-0.05, 0) is 36.2 Å². The van der Waals surface area contributed by atoms with Crippen molar-refractivity contribution in [3.05, 3.63) is 50.1 Å². The quantitative estimate of drug-likeness (QED) is 0.788. The zero-order chi connectivity index (χ0) is 19.6. The molecule has 3 rings (SSSR count). The minimum Gasteiger partial charge on any atom is -0.496 e. The Morgan fingerprint density at radius 3 is 2.74 bits per heavy atom. The zero-order valence-corrected chi connectivity index (χ0v) is 17.2. The second-order valence-corrected chi connectivity index (χ2v) is 7.98. The van der Waals surface area contributed by atoms with Gasteiger partial charge < -0.3 is 14.2 Å². The van der Waals surface area contributed by atoms with Gasteiger partial charge in [-0.2, -0.15) is 11.3 Å². The standard InChI is InChI=1S/C20H27N3O3S/c1-14(2)22-7-5-16-19(17(26-4)11-18(24)23(16)9-8-22)20(25)21(3)12-15-6-10-27-13-15/h6,10-11,13-14H,5,7-9,12H2,1-4H3. The van der Waals surface area contributed by atoms with E-state index < -0.39 is 0 Å². The Morgan fingerprint density at radius 2 is 2.11 bits per heavy atom. The van der Waals surface area contributed by atoms with Crippen LogP contribution >= 0.6 is 11.3 Å². The number of thiophene rings is 1. The molecule has 6 nitrogen and oxygen atoms in total. The van der Waals surface area contributed by atoms with Gasteiger partial charge in [0.25, 0.3) is 11.5 Å². The van der Waals surface area contributed by atoms with Gasteiger partial charge in [0.15, 0.2) is 0 Å². The third kappa shape index (κ3) is 4.09. The summed E-state index contributed by atoms with van der Waals surface area (Å²) in [5.74, 6) is 0.256. The summed E-state index contributed by atoms with van der Waals surface area (Å²) in [5.41, 5.74) is 2.29. The number of ether oxygens (including phenoxy) is 1. The van der Waals surface area contributed by atoms with Crippen molar-refractivity contribution in [3.63, 3.8) is 0 Å². The van der Waals surface area contributed by atoms with Crippen molar-refractivity contribution in [2.45, 2.75) is 39.4 Å². The molecule has 0 saturated heterocycles. The van der Waals surface area contributed by atoms with Gasteiger partial charge in [-0.25, -0.2) is 0 Å². The number of carbonyl (C=O) groups excluding carboxylic acids is 1. The molecule has 1 aliphatic rings. The number of amides is 1. The summed E-state index contributed by atoms with van der Waals surface area (Å²) >= 11 is 1.61. The molecule has 1 aliphatic heterocycles. The van der Waals surface area contributed by atoms with E-state index in [1.165, 1.54) is 13.2 Å². The topological polar surface area (TPSA) is 54.8 Å². The maximum Gasteiger partial charge on any atom is 0.259 e. The maximum atomic E-state index is 13.3. The van der Waals surface area contributed by atoms with Gasteiger partial charge in [-0.3, -0.25) is 14.5 Å². The molecule has 1 amide bonds. The number of pyridine rings is 1. The Balaban J connectivity index is 1.99. The summed E-state index contributed by atoms with van der Waals surface area (Å²) < 4.78 is 7.19. The fourth-order valence-electron chi connectivity index (χ4n) is 3.59. The predicted molar refractivity (Wildman–Crippen MR) is 108 cm³/mol. The lowest BCUT2D eigenvalue weighted by Gasteiger charge is -2.23. The van der Waals surface area contributed by atoms with Crippen LogP contribution in [0.4, 0.5) is 0 Å². The van der Waals surface area contributed by atoms with E-state index in [0.717, 1.165) is 24.3 Å². The van der Waals surface area contributed by atoms with Gasteiger partial charge in [-0.1, -0.05) is 0 Å². The molecule has 0 spiro atoms. The van der Waals surface area contributed by atoms with Crippen LogP contribution < -0.4 is 10.3 Å². The highest BCUT2D eigenvalue weighted by Crippen LogP contribution is 2.25. The van der Waals surface area contributed by atoms with Crippen LogP contribution in [0.5, 0.6) is 5.75 Å². The van der Waals surface area contributed by atoms with Crippen LogP contribution in [-0.2, 0) is 19.5 Å². The minimum atomic E-state index is -0.111. The van der Waals surface area contributed by atoms with Gasteiger partial charge in [0, 0.05) is 57.4 Å². The van der Waals surface area contributed by atoms with E-state index in [2.05, 4.69) is 18.7 Å².